The summed E-state index contributed by atoms with van der Waals surface area (Å²) < 4.78 is 0. The van der Waals surface area contributed by atoms with E-state index in [4.69, 9.17) is 0 Å². The molecule has 1 amide bonds. The Morgan fingerprint density at radius 2 is 1.84 bits per heavy atom. The highest BCUT2D eigenvalue weighted by atomic mass is 79.9. The summed E-state index contributed by atoms with van der Waals surface area (Å²) >= 11 is 3.46. The lowest BCUT2D eigenvalue weighted by molar-refractivity contribution is -0.117. The number of benzene rings is 1. The standard InChI is InChI=1S/C16H22BrNO/c17-12-14-9-5-6-10-15(14)18-16(19)11-13-7-3-1-2-4-8-13/h5-6,9-10,13H,1-4,7-8,11-12H2,(H,18,19). The van der Waals surface area contributed by atoms with Crippen molar-refractivity contribution in [3.05, 3.63) is 29.8 Å². The van der Waals surface area contributed by atoms with Crippen LogP contribution >= 0.6 is 15.9 Å². The number of halogens is 1. The number of hydrogen-bond donors (Lipinski definition) is 1. The van der Waals surface area contributed by atoms with Gasteiger partial charge >= 0.3 is 0 Å². The van der Waals surface area contributed by atoms with Gasteiger partial charge in [0.1, 0.15) is 0 Å². The van der Waals surface area contributed by atoms with Crippen molar-refractivity contribution >= 4 is 27.5 Å². The molecule has 1 aromatic carbocycles. The van der Waals surface area contributed by atoms with Gasteiger partial charge in [-0.3, -0.25) is 4.79 Å². The van der Waals surface area contributed by atoms with Crippen LogP contribution in [0.5, 0.6) is 0 Å². The Morgan fingerprint density at radius 3 is 2.53 bits per heavy atom. The molecule has 0 aliphatic heterocycles. The first-order chi connectivity index (χ1) is 9.29. The van der Waals surface area contributed by atoms with Crippen molar-refractivity contribution < 1.29 is 4.79 Å². The molecule has 1 aliphatic carbocycles. The van der Waals surface area contributed by atoms with E-state index in [0.717, 1.165) is 16.6 Å². The van der Waals surface area contributed by atoms with Crippen molar-refractivity contribution in [2.75, 3.05) is 5.32 Å². The fourth-order valence-corrected chi connectivity index (χ4v) is 3.28. The molecule has 0 heterocycles. The zero-order chi connectivity index (χ0) is 13.5. The molecule has 3 heteroatoms. The van der Waals surface area contributed by atoms with Gasteiger partial charge in [0.25, 0.3) is 0 Å². The zero-order valence-corrected chi connectivity index (χ0v) is 12.9. The predicted molar refractivity (Wildman–Crippen MR) is 83.5 cm³/mol. The molecule has 1 fully saturated rings. The minimum absolute atomic E-state index is 0.167. The van der Waals surface area contributed by atoms with Crippen LogP contribution in [-0.4, -0.2) is 5.91 Å². The van der Waals surface area contributed by atoms with E-state index in [9.17, 15) is 4.79 Å². The second kappa shape index (κ2) is 7.68. The molecule has 1 saturated carbocycles. The molecular weight excluding hydrogens is 302 g/mol. The van der Waals surface area contributed by atoms with Crippen molar-refractivity contribution in [1.82, 2.24) is 0 Å². The van der Waals surface area contributed by atoms with E-state index in [1.165, 1.54) is 38.5 Å². The number of carbonyl (C=O) groups is 1. The Kier molecular flexibility index (Phi) is 5.90. The maximum Gasteiger partial charge on any atom is 0.224 e. The van der Waals surface area contributed by atoms with Crippen LogP contribution in [0.4, 0.5) is 5.69 Å². The SMILES string of the molecule is O=C(CC1CCCCCC1)Nc1ccccc1CBr. The van der Waals surface area contributed by atoms with Gasteiger partial charge in [0.2, 0.25) is 5.91 Å². The summed E-state index contributed by atoms with van der Waals surface area (Å²) in [6, 6.07) is 7.97. The summed E-state index contributed by atoms with van der Waals surface area (Å²) in [7, 11) is 0. The van der Waals surface area contributed by atoms with Crippen LogP contribution in [0.25, 0.3) is 0 Å². The maximum absolute atomic E-state index is 12.1. The average molecular weight is 324 g/mol. The molecule has 0 unspecified atom stereocenters. The van der Waals surface area contributed by atoms with Crippen molar-refractivity contribution in [3.8, 4) is 0 Å². The van der Waals surface area contributed by atoms with Crippen molar-refractivity contribution in [1.29, 1.82) is 0 Å². The normalized spacial score (nSPS) is 16.9. The van der Waals surface area contributed by atoms with Gasteiger partial charge in [0.15, 0.2) is 0 Å². The molecule has 19 heavy (non-hydrogen) atoms. The van der Waals surface area contributed by atoms with Gasteiger partial charge in [0, 0.05) is 17.4 Å². The van der Waals surface area contributed by atoms with Gasteiger partial charge in [0.05, 0.1) is 0 Å². The first-order valence-electron chi connectivity index (χ1n) is 7.23. The number of nitrogens with one attached hydrogen (secondary N) is 1. The Morgan fingerprint density at radius 1 is 1.16 bits per heavy atom. The molecular formula is C16H22BrNO. The van der Waals surface area contributed by atoms with Crippen LogP contribution in [0.1, 0.15) is 50.5 Å². The van der Waals surface area contributed by atoms with Gasteiger partial charge in [-0.2, -0.15) is 0 Å². The number of anilines is 1. The van der Waals surface area contributed by atoms with Crippen molar-refractivity contribution in [2.45, 2.75) is 50.3 Å². The van der Waals surface area contributed by atoms with Crippen LogP contribution in [0.15, 0.2) is 24.3 Å². The average Bonchev–Trinajstić information content (AvgIpc) is 2.68. The van der Waals surface area contributed by atoms with Gasteiger partial charge in [-0.25, -0.2) is 0 Å². The molecule has 1 N–H and O–H groups in total. The molecule has 0 aromatic heterocycles. The van der Waals surface area contributed by atoms with Gasteiger partial charge in [-0.1, -0.05) is 59.8 Å². The van der Waals surface area contributed by atoms with Gasteiger partial charge < -0.3 is 5.32 Å². The number of para-hydroxylation sites is 1. The van der Waals surface area contributed by atoms with Gasteiger partial charge in [-0.05, 0) is 30.4 Å². The highest BCUT2D eigenvalue weighted by Crippen LogP contribution is 2.26. The quantitative estimate of drug-likeness (QED) is 0.621. The van der Waals surface area contributed by atoms with Crippen molar-refractivity contribution in [3.63, 3.8) is 0 Å². The highest BCUT2D eigenvalue weighted by Gasteiger charge is 2.16. The summed E-state index contributed by atoms with van der Waals surface area (Å²) in [4.78, 5) is 12.1. The minimum Gasteiger partial charge on any atom is -0.326 e. The molecule has 104 valence electrons. The van der Waals surface area contributed by atoms with E-state index < -0.39 is 0 Å². The fourth-order valence-electron chi connectivity index (χ4n) is 2.79. The minimum atomic E-state index is 0.167. The molecule has 1 aliphatic rings. The molecule has 1 aromatic rings. The second-order valence-electron chi connectivity index (χ2n) is 5.40. The van der Waals surface area contributed by atoms with E-state index in [2.05, 4.69) is 21.2 Å². The maximum atomic E-state index is 12.1. The molecule has 2 rings (SSSR count). The number of rotatable bonds is 4. The topological polar surface area (TPSA) is 29.1 Å². The smallest absolute Gasteiger partial charge is 0.224 e. The summed E-state index contributed by atoms with van der Waals surface area (Å²) in [5.41, 5.74) is 2.08. The van der Waals surface area contributed by atoms with Crippen LogP contribution in [0.3, 0.4) is 0 Å². The first kappa shape index (κ1) is 14.6. The fraction of sp³-hybridized carbons (Fsp3) is 0.562. The zero-order valence-electron chi connectivity index (χ0n) is 11.3. The third-order valence-corrected chi connectivity index (χ3v) is 4.49. The lowest BCUT2D eigenvalue weighted by Crippen LogP contribution is -2.17. The van der Waals surface area contributed by atoms with Crippen molar-refractivity contribution in [2.24, 2.45) is 5.92 Å². The molecule has 0 radical (unpaired) electrons. The van der Waals surface area contributed by atoms with E-state index in [1.807, 2.05) is 24.3 Å². The Bertz CT molecular complexity index is 411. The molecule has 0 saturated heterocycles. The number of alkyl halides is 1. The lowest BCUT2D eigenvalue weighted by Gasteiger charge is -2.14. The molecule has 2 nitrogen and oxygen atoms in total. The third kappa shape index (κ3) is 4.64. The Labute approximate surface area is 124 Å². The van der Waals surface area contributed by atoms with Crippen LogP contribution in [0, 0.1) is 5.92 Å². The highest BCUT2D eigenvalue weighted by molar-refractivity contribution is 9.08. The first-order valence-corrected chi connectivity index (χ1v) is 8.35. The third-order valence-electron chi connectivity index (χ3n) is 3.88. The van der Waals surface area contributed by atoms with E-state index in [1.54, 1.807) is 0 Å². The van der Waals surface area contributed by atoms with Crippen LogP contribution in [-0.2, 0) is 10.1 Å². The van der Waals surface area contributed by atoms with E-state index in [-0.39, 0.29) is 5.91 Å². The summed E-state index contributed by atoms with van der Waals surface area (Å²) in [6.45, 7) is 0. The predicted octanol–water partition coefficient (Wildman–Crippen LogP) is 4.88. The number of carbonyl (C=O) groups excluding carboxylic acids is 1. The molecule has 0 spiro atoms. The monoisotopic (exact) mass is 323 g/mol. The number of hydrogen-bond acceptors (Lipinski definition) is 1. The second-order valence-corrected chi connectivity index (χ2v) is 5.96. The van der Waals surface area contributed by atoms with E-state index >= 15 is 0 Å². The summed E-state index contributed by atoms with van der Waals surface area (Å²) in [5.74, 6) is 0.749. The summed E-state index contributed by atoms with van der Waals surface area (Å²) in [6.07, 6.45) is 8.36. The van der Waals surface area contributed by atoms with Crippen LogP contribution in [0.2, 0.25) is 0 Å². The Hall–Kier alpha value is -0.830. The van der Waals surface area contributed by atoms with E-state index in [0.29, 0.717) is 12.3 Å². The van der Waals surface area contributed by atoms with Gasteiger partial charge in [-0.15, -0.1) is 0 Å². The molecule has 0 atom stereocenters. The van der Waals surface area contributed by atoms with Crippen LogP contribution < -0.4 is 5.32 Å². The largest absolute Gasteiger partial charge is 0.326 e. The summed E-state index contributed by atoms with van der Waals surface area (Å²) in [5, 5.41) is 3.83. The Balaban J connectivity index is 1.89. The lowest BCUT2D eigenvalue weighted by atomic mass is 9.96. The number of amides is 1. The molecule has 0 bridgehead atoms.